The predicted molar refractivity (Wildman–Crippen MR) is 75.4 cm³/mol. The number of carboxylic acids is 1. The van der Waals surface area contributed by atoms with E-state index in [-0.39, 0.29) is 25.1 Å². The largest absolute Gasteiger partial charge is 0.508 e. The van der Waals surface area contributed by atoms with E-state index >= 15 is 0 Å². The van der Waals surface area contributed by atoms with Gasteiger partial charge in [0.2, 0.25) is 0 Å². The Balaban J connectivity index is 2.93. The van der Waals surface area contributed by atoms with Crippen LogP contribution in [0.25, 0.3) is 0 Å². The third-order valence-corrected chi connectivity index (χ3v) is 2.93. The molecule has 0 aliphatic rings. The number of nitrogens with zero attached hydrogens (tertiary/aromatic N) is 1. The third-order valence-electron chi connectivity index (χ3n) is 2.93. The van der Waals surface area contributed by atoms with Gasteiger partial charge in [0.1, 0.15) is 5.75 Å². The predicted octanol–water partition coefficient (Wildman–Crippen LogP) is 2.51. The molecule has 19 heavy (non-hydrogen) atoms. The first-order chi connectivity index (χ1) is 10.9. The van der Waals surface area contributed by atoms with Gasteiger partial charge in [-0.3, -0.25) is 4.79 Å². The monoisotopic (exact) mass is 270 g/mol. The Morgan fingerprint density at radius 1 is 1.47 bits per heavy atom. The standard InChI is InChI=1S/C15H23NO3/c1-3-16(10-4-5-15(18)19)12(2)11-13-6-8-14(17)9-7-13/h6-9,12,17H,3-5,10-11H2,1-2H3,(H,18,19)/i1D3,3D2. The lowest BCUT2D eigenvalue weighted by Crippen LogP contribution is -2.35. The van der Waals surface area contributed by atoms with Crippen molar-refractivity contribution in [1.82, 2.24) is 4.90 Å². The smallest absolute Gasteiger partial charge is 0.303 e. The van der Waals surface area contributed by atoms with Crippen LogP contribution in [0.5, 0.6) is 5.75 Å². The molecule has 1 rings (SSSR count). The van der Waals surface area contributed by atoms with E-state index in [2.05, 4.69) is 0 Å². The van der Waals surface area contributed by atoms with Gasteiger partial charge in [-0.15, -0.1) is 0 Å². The van der Waals surface area contributed by atoms with Crippen LogP contribution in [-0.4, -0.2) is 40.2 Å². The second kappa shape index (κ2) is 7.79. The topological polar surface area (TPSA) is 60.8 Å². The minimum atomic E-state index is -2.85. The first-order valence-corrected chi connectivity index (χ1v) is 6.21. The molecule has 0 heterocycles. The maximum absolute atomic E-state index is 10.7. The molecular weight excluding hydrogens is 242 g/mol. The Labute approximate surface area is 121 Å². The van der Waals surface area contributed by atoms with Crippen LogP contribution in [0, 0.1) is 0 Å². The van der Waals surface area contributed by atoms with Gasteiger partial charge in [-0.05, 0) is 50.5 Å². The zero-order valence-corrected chi connectivity index (χ0v) is 11.0. The normalized spacial score (nSPS) is 17.9. The number of carboxylic acid groups (broad SMARTS) is 1. The molecule has 0 aliphatic heterocycles. The second-order valence-electron chi connectivity index (χ2n) is 4.52. The fourth-order valence-corrected chi connectivity index (χ4v) is 1.87. The fraction of sp³-hybridized carbons (Fsp3) is 0.533. The molecule has 0 bridgehead atoms. The highest BCUT2D eigenvalue weighted by Gasteiger charge is 2.12. The molecule has 2 N–H and O–H groups in total. The number of rotatable bonds is 8. The number of carbonyl (C=O) groups is 1. The van der Waals surface area contributed by atoms with Crippen LogP contribution in [0.15, 0.2) is 24.3 Å². The molecular formula is C15H23NO3. The Hall–Kier alpha value is -1.55. The highest BCUT2D eigenvalue weighted by atomic mass is 16.4. The summed E-state index contributed by atoms with van der Waals surface area (Å²) in [7, 11) is 0. The highest BCUT2D eigenvalue weighted by Crippen LogP contribution is 2.14. The van der Waals surface area contributed by atoms with E-state index in [1.807, 2.05) is 0 Å². The Morgan fingerprint density at radius 2 is 2.16 bits per heavy atom. The molecule has 0 amide bonds. The van der Waals surface area contributed by atoms with Crippen molar-refractivity contribution in [3.8, 4) is 5.75 Å². The van der Waals surface area contributed by atoms with Crippen molar-refractivity contribution in [2.24, 2.45) is 0 Å². The lowest BCUT2D eigenvalue weighted by molar-refractivity contribution is -0.137. The molecule has 106 valence electrons. The molecule has 0 aliphatic carbocycles. The molecule has 1 unspecified atom stereocenters. The van der Waals surface area contributed by atoms with E-state index in [0.717, 1.165) is 5.56 Å². The summed E-state index contributed by atoms with van der Waals surface area (Å²) in [5.41, 5.74) is 0.824. The zero-order valence-electron chi connectivity index (χ0n) is 16.0. The van der Waals surface area contributed by atoms with Crippen LogP contribution in [0.4, 0.5) is 0 Å². The van der Waals surface area contributed by atoms with Crippen molar-refractivity contribution in [2.75, 3.05) is 13.0 Å². The first kappa shape index (κ1) is 9.37. The van der Waals surface area contributed by atoms with Crippen molar-refractivity contribution < 1.29 is 21.9 Å². The van der Waals surface area contributed by atoms with Crippen LogP contribution in [0.2, 0.25) is 0 Å². The number of benzene rings is 1. The summed E-state index contributed by atoms with van der Waals surface area (Å²) in [4.78, 5) is 11.9. The van der Waals surface area contributed by atoms with E-state index in [9.17, 15) is 9.90 Å². The average molecular weight is 270 g/mol. The third kappa shape index (κ3) is 5.75. The van der Waals surface area contributed by atoms with Gasteiger partial charge in [-0.25, -0.2) is 0 Å². The minimum Gasteiger partial charge on any atom is -0.508 e. The summed E-state index contributed by atoms with van der Waals surface area (Å²) in [6.07, 6.45) is 0.382. The Kier molecular flexibility index (Phi) is 3.84. The van der Waals surface area contributed by atoms with Gasteiger partial charge < -0.3 is 15.1 Å². The van der Waals surface area contributed by atoms with Crippen molar-refractivity contribution in [1.29, 1.82) is 0 Å². The highest BCUT2D eigenvalue weighted by molar-refractivity contribution is 5.66. The molecule has 4 nitrogen and oxygen atoms in total. The van der Waals surface area contributed by atoms with Gasteiger partial charge in [0.05, 0.1) is 0 Å². The number of aromatic hydroxyl groups is 1. The van der Waals surface area contributed by atoms with Crippen LogP contribution in [-0.2, 0) is 11.2 Å². The zero-order chi connectivity index (χ0) is 18.5. The maximum atomic E-state index is 10.7. The van der Waals surface area contributed by atoms with Crippen molar-refractivity contribution >= 4 is 5.97 Å². The van der Waals surface area contributed by atoms with Crippen LogP contribution in [0.1, 0.15) is 39.0 Å². The summed E-state index contributed by atoms with van der Waals surface area (Å²) < 4.78 is 38.3. The summed E-state index contributed by atoms with van der Waals surface area (Å²) >= 11 is 0. The van der Waals surface area contributed by atoms with Gasteiger partial charge >= 0.3 is 5.97 Å². The lowest BCUT2D eigenvalue weighted by Gasteiger charge is -2.27. The summed E-state index contributed by atoms with van der Waals surface area (Å²) in [5, 5.41) is 18.0. The first-order valence-electron chi connectivity index (χ1n) is 8.71. The van der Waals surface area contributed by atoms with E-state index in [4.69, 9.17) is 12.0 Å². The number of likely N-dealkylation sites (N-methyl/N-ethyl adjacent to an activating group) is 1. The number of hydrogen-bond donors (Lipinski definition) is 2. The minimum absolute atomic E-state index is 0.0247. The van der Waals surface area contributed by atoms with Gasteiger partial charge in [0.25, 0.3) is 0 Å². The molecule has 1 aromatic rings. The number of phenolic OH excluding ortho intramolecular Hbond substituents is 1. The number of hydrogen-bond acceptors (Lipinski definition) is 3. The lowest BCUT2D eigenvalue weighted by atomic mass is 10.1. The number of aliphatic carboxylic acids is 1. The molecule has 4 heteroatoms. The molecule has 1 atom stereocenters. The van der Waals surface area contributed by atoms with Crippen molar-refractivity contribution in [3.05, 3.63) is 29.8 Å². The fourth-order valence-electron chi connectivity index (χ4n) is 1.87. The molecule has 0 spiro atoms. The maximum Gasteiger partial charge on any atom is 0.303 e. The molecule has 0 fully saturated rings. The van der Waals surface area contributed by atoms with Gasteiger partial charge in [0, 0.05) is 19.3 Å². The molecule has 0 aromatic heterocycles. The van der Waals surface area contributed by atoms with E-state index < -0.39 is 25.4 Å². The van der Waals surface area contributed by atoms with E-state index in [1.54, 1.807) is 19.1 Å². The van der Waals surface area contributed by atoms with Gasteiger partial charge in [-0.1, -0.05) is 19.0 Å². The van der Waals surface area contributed by atoms with Crippen molar-refractivity contribution in [2.45, 2.75) is 39.1 Å². The average Bonchev–Trinajstić information content (AvgIpc) is 2.44. The van der Waals surface area contributed by atoms with E-state index in [0.29, 0.717) is 6.42 Å². The summed E-state index contributed by atoms with van der Waals surface area (Å²) in [6, 6.07) is 5.93. The Bertz CT molecular complexity index is 545. The van der Waals surface area contributed by atoms with E-state index in [1.165, 1.54) is 17.0 Å². The quantitative estimate of drug-likeness (QED) is 0.762. The summed E-state index contributed by atoms with van der Waals surface area (Å²) in [5.74, 6) is -0.891. The van der Waals surface area contributed by atoms with Crippen LogP contribution >= 0.6 is 0 Å². The second-order valence-corrected chi connectivity index (χ2v) is 4.52. The molecule has 0 saturated carbocycles. The molecule has 0 radical (unpaired) electrons. The van der Waals surface area contributed by atoms with Crippen LogP contribution < -0.4 is 0 Å². The Morgan fingerprint density at radius 3 is 2.74 bits per heavy atom. The molecule has 1 aromatic carbocycles. The molecule has 0 saturated heterocycles. The van der Waals surface area contributed by atoms with Gasteiger partial charge in [-0.2, -0.15) is 0 Å². The van der Waals surface area contributed by atoms with Crippen LogP contribution in [0.3, 0.4) is 0 Å². The number of phenols is 1. The van der Waals surface area contributed by atoms with Gasteiger partial charge in [0.15, 0.2) is 0 Å². The SMILES string of the molecule is [2H]C([2H])([2H])C([2H])([2H])N(CCCC(=O)O)C(C)Cc1ccc(O)cc1. The summed E-state index contributed by atoms with van der Waals surface area (Å²) in [6.45, 7) is -3.69. The van der Waals surface area contributed by atoms with Crippen molar-refractivity contribution in [3.63, 3.8) is 0 Å².